The minimum atomic E-state index is -4.78. The molecule has 0 radical (unpaired) electrons. The third-order valence-electron chi connectivity index (χ3n) is 2.58. The molecule has 0 amide bonds. The van der Waals surface area contributed by atoms with Gasteiger partial charge in [-0.1, -0.05) is 30.3 Å². The van der Waals surface area contributed by atoms with E-state index in [-0.39, 0.29) is 11.3 Å². The summed E-state index contributed by atoms with van der Waals surface area (Å²) in [5, 5.41) is 12.6. The third kappa shape index (κ3) is 2.31. The quantitative estimate of drug-likeness (QED) is 0.912. The fraction of sp³-hybridized carbons (Fsp3) is 0.167. The molecule has 0 aliphatic rings. The molecule has 1 heterocycles. The van der Waals surface area contributed by atoms with Crippen LogP contribution in [0.5, 0.6) is 0 Å². The average Bonchev–Trinajstić information content (AvgIpc) is 2.68. The average molecular weight is 270 g/mol. The Morgan fingerprint density at radius 3 is 2.32 bits per heavy atom. The fourth-order valence-corrected chi connectivity index (χ4v) is 1.84. The Bertz CT molecular complexity index is 618. The first-order chi connectivity index (χ1) is 8.82. The first-order valence-corrected chi connectivity index (χ1v) is 5.25. The number of aryl methyl sites for hydroxylation is 1. The van der Waals surface area contributed by atoms with Gasteiger partial charge in [-0.25, -0.2) is 4.79 Å². The first kappa shape index (κ1) is 13.1. The molecule has 1 N–H and O–H groups in total. The van der Waals surface area contributed by atoms with Crippen LogP contribution in [0.2, 0.25) is 0 Å². The van der Waals surface area contributed by atoms with Crippen LogP contribution < -0.4 is 0 Å². The lowest BCUT2D eigenvalue weighted by Gasteiger charge is -2.08. The number of rotatable bonds is 2. The van der Waals surface area contributed by atoms with E-state index in [2.05, 4.69) is 5.10 Å². The van der Waals surface area contributed by atoms with Crippen LogP contribution in [0.3, 0.4) is 0 Å². The van der Waals surface area contributed by atoms with Gasteiger partial charge < -0.3 is 5.11 Å². The Balaban J connectivity index is 2.76. The zero-order valence-corrected chi connectivity index (χ0v) is 9.77. The SMILES string of the molecule is Cn1nc(-c2ccccc2)c(C(F)(F)F)c1C(=O)O. The summed E-state index contributed by atoms with van der Waals surface area (Å²) < 4.78 is 39.9. The van der Waals surface area contributed by atoms with Crippen LogP contribution in [-0.4, -0.2) is 20.9 Å². The van der Waals surface area contributed by atoms with Crippen molar-refractivity contribution in [1.82, 2.24) is 9.78 Å². The number of aromatic carboxylic acids is 1. The van der Waals surface area contributed by atoms with Gasteiger partial charge in [0.2, 0.25) is 0 Å². The van der Waals surface area contributed by atoms with Gasteiger partial charge in [-0.3, -0.25) is 4.68 Å². The summed E-state index contributed by atoms with van der Waals surface area (Å²) in [5.41, 5.74) is -2.26. The third-order valence-corrected chi connectivity index (χ3v) is 2.58. The summed E-state index contributed by atoms with van der Waals surface area (Å²) in [7, 11) is 1.17. The molecule has 19 heavy (non-hydrogen) atoms. The fourth-order valence-electron chi connectivity index (χ4n) is 1.84. The molecule has 0 spiro atoms. The van der Waals surface area contributed by atoms with E-state index in [0.29, 0.717) is 0 Å². The van der Waals surface area contributed by atoms with E-state index < -0.39 is 23.4 Å². The van der Waals surface area contributed by atoms with Gasteiger partial charge in [-0.05, 0) is 0 Å². The normalized spacial score (nSPS) is 11.6. The molecule has 0 aliphatic carbocycles. The van der Waals surface area contributed by atoms with Gasteiger partial charge in [-0.15, -0.1) is 0 Å². The Morgan fingerprint density at radius 2 is 1.84 bits per heavy atom. The van der Waals surface area contributed by atoms with Gasteiger partial charge in [-0.2, -0.15) is 18.3 Å². The van der Waals surface area contributed by atoms with Crippen LogP contribution >= 0.6 is 0 Å². The van der Waals surface area contributed by atoms with Crippen LogP contribution in [0.25, 0.3) is 11.3 Å². The molecular weight excluding hydrogens is 261 g/mol. The maximum atomic E-state index is 13.1. The van der Waals surface area contributed by atoms with E-state index in [1.807, 2.05) is 0 Å². The second-order valence-corrected chi connectivity index (χ2v) is 3.86. The van der Waals surface area contributed by atoms with Gasteiger partial charge >= 0.3 is 12.1 Å². The monoisotopic (exact) mass is 270 g/mol. The predicted octanol–water partition coefficient (Wildman–Crippen LogP) is 2.80. The van der Waals surface area contributed by atoms with E-state index in [1.54, 1.807) is 18.2 Å². The maximum absolute atomic E-state index is 13.1. The highest BCUT2D eigenvalue weighted by molar-refractivity contribution is 5.90. The summed E-state index contributed by atoms with van der Waals surface area (Å²) >= 11 is 0. The molecule has 7 heteroatoms. The number of hydrogen-bond acceptors (Lipinski definition) is 2. The van der Waals surface area contributed by atoms with E-state index in [1.165, 1.54) is 19.2 Å². The van der Waals surface area contributed by atoms with E-state index in [4.69, 9.17) is 5.11 Å². The van der Waals surface area contributed by atoms with Crippen molar-refractivity contribution in [3.05, 3.63) is 41.6 Å². The van der Waals surface area contributed by atoms with Crippen molar-refractivity contribution in [2.24, 2.45) is 7.05 Å². The molecule has 0 saturated heterocycles. The standard InChI is InChI=1S/C12H9F3N2O2/c1-17-10(11(18)19)8(12(13,14)15)9(16-17)7-5-3-2-4-6-7/h2-6H,1H3,(H,18,19). The summed E-state index contributed by atoms with van der Waals surface area (Å²) in [6, 6.07) is 7.67. The maximum Gasteiger partial charge on any atom is 0.420 e. The number of carboxylic acid groups (broad SMARTS) is 1. The van der Waals surface area contributed by atoms with E-state index in [9.17, 15) is 18.0 Å². The number of hydrogen-bond donors (Lipinski definition) is 1. The van der Waals surface area contributed by atoms with Crippen molar-refractivity contribution >= 4 is 5.97 Å². The van der Waals surface area contributed by atoms with Gasteiger partial charge in [0.25, 0.3) is 0 Å². The number of halogens is 3. The lowest BCUT2D eigenvalue weighted by Crippen LogP contribution is -2.14. The molecule has 4 nitrogen and oxygen atoms in total. The zero-order chi connectivity index (χ0) is 14.2. The van der Waals surface area contributed by atoms with Gasteiger partial charge in [0.1, 0.15) is 11.3 Å². The summed E-state index contributed by atoms with van der Waals surface area (Å²) in [5.74, 6) is -1.66. The number of nitrogens with zero attached hydrogens (tertiary/aromatic N) is 2. The van der Waals surface area contributed by atoms with E-state index >= 15 is 0 Å². The van der Waals surface area contributed by atoms with E-state index in [0.717, 1.165) is 4.68 Å². The summed E-state index contributed by atoms with van der Waals surface area (Å²) in [6.45, 7) is 0. The molecule has 0 aliphatic heterocycles. The number of carbonyl (C=O) groups is 1. The number of carboxylic acids is 1. The van der Waals surface area contributed by atoms with Gasteiger partial charge in [0.05, 0.1) is 0 Å². The minimum absolute atomic E-state index is 0.220. The molecule has 1 aromatic heterocycles. The largest absolute Gasteiger partial charge is 0.477 e. The Hall–Kier alpha value is -2.31. The van der Waals surface area contributed by atoms with Crippen LogP contribution in [0.1, 0.15) is 16.1 Å². The van der Waals surface area contributed by atoms with Crippen LogP contribution in [0.15, 0.2) is 30.3 Å². The molecule has 0 bridgehead atoms. The van der Waals surface area contributed by atoms with Crippen LogP contribution in [0.4, 0.5) is 13.2 Å². The molecule has 100 valence electrons. The highest BCUT2D eigenvalue weighted by Gasteiger charge is 2.42. The second kappa shape index (κ2) is 4.42. The van der Waals surface area contributed by atoms with Gasteiger partial charge in [0.15, 0.2) is 5.69 Å². The van der Waals surface area contributed by atoms with Crippen molar-refractivity contribution in [3.8, 4) is 11.3 Å². The van der Waals surface area contributed by atoms with Crippen LogP contribution in [-0.2, 0) is 13.2 Å². The van der Waals surface area contributed by atoms with Crippen molar-refractivity contribution in [1.29, 1.82) is 0 Å². The van der Waals surface area contributed by atoms with Crippen LogP contribution in [0, 0.1) is 0 Å². The molecule has 0 atom stereocenters. The highest BCUT2D eigenvalue weighted by atomic mass is 19.4. The summed E-state index contributed by atoms with van der Waals surface area (Å²) in [6.07, 6.45) is -4.78. The zero-order valence-electron chi connectivity index (χ0n) is 9.77. The predicted molar refractivity (Wildman–Crippen MR) is 60.6 cm³/mol. The lowest BCUT2D eigenvalue weighted by atomic mass is 10.1. The topological polar surface area (TPSA) is 55.1 Å². The minimum Gasteiger partial charge on any atom is -0.477 e. The van der Waals surface area contributed by atoms with Crippen molar-refractivity contribution in [2.45, 2.75) is 6.18 Å². The van der Waals surface area contributed by atoms with Crippen molar-refractivity contribution in [2.75, 3.05) is 0 Å². The molecule has 0 unspecified atom stereocenters. The number of benzene rings is 1. The molecule has 0 fully saturated rings. The Morgan fingerprint density at radius 1 is 1.26 bits per heavy atom. The molecule has 2 rings (SSSR count). The molecule has 1 aromatic carbocycles. The highest BCUT2D eigenvalue weighted by Crippen LogP contribution is 2.38. The number of alkyl halides is 3. The Labute approximate surface area is 106 Å². The Kier molecular flexibility index (Phi) is 3.05. The second-order valence-electron chi connectivity index (χ2n) is 3.86. The summed E-state index contributed by atoms with van der Waals surface area (Å²) in [4.78, 5) is 11.0. The van der Waals surface area contributed by atoms with Crippen molar-refractivity contribution < 1.29 is 23.1 Å². The lowest BCUT2D eigenvalue weighted by molar-refractivity contribution is -0.137. The molecule has 0 saturated carbocycles. The first-order valence-electron chi connectivity index (χ1n) is 5.25. The van der Waals surface area contributed by atoms with Gasteiger partial charge in [0, 0.05) is 12.6 Å². The molecule has 2 aromatic rings. The number of aromatic nitrogens is 2. The molecular formula is C12H9F3N2O2. The smallest absolute Gasteiger partial charge is 0.420 e. The van der Waals surface area contributed by atoms with Crippen molar-refractivity contribution in [3.63, 3.8) is 0 Å².